The minimum absolute atomic E-state index is 0.0259. The largest absolute Gasteiger partial charge is 0.497 e. The quantitative estimate of drug-likeness (QED) is 0.214. The van der Waals surface area contributed by atoms with Gasteiger partial charge in [-0.1, -0.05) is 6.07 Å². The van der Waals surface area contributed by atoms with Gasteiger partial charge in [0.25, 0.3) is 0 Å². The molecular formula is C29H30F6N4O2. The molecule has 1 aromatic heterocycles. The molecule has 0 saturated carbocycles. The highest BCUT2D eigenvalue weighted by atomic mass is 19.4. The normalized spacial score (nSPS) is 12.2. The third-order valence-corrected chi connectivity index (χ3v) is 6.80. The van der Waals surface area contributed by atoms with Gasteiger partial charge in [-0.25, -0.2) is 4.98 Å². The number of anilines is 2. The van der Waals surface area contributed by atoms with Gasteiger partial charge in [-0.2, -0.15) is 26.3 Å². The zero-order valence-electron chi connectivity index (χ0n) is 23.3. The Balaban J connectivity index is 2.25. The van der Waals surface area contributed by atoms with Crippen LogP contribution in [0.5, 0.6) is 5.75 Å². The van der Waals surface area contributed by atoms with E-state index in [0.29, 0.717) is 46.9 Å². The minimum Gasteiger partial charge on any atom is -0.497 e. The average Bonchev–Trinajstić information content (AvgIpc) is 2.90. The molecule has 3 aromatic rings. The van der Waals surface area contributed by atoms with E-state index in [4.69, 9.17) is 10.1 Å². The second kappa shape index (κ2) is 11.4. The number of halogens is 6. The smallest absolute Gasteiger partial charge is 0.416 e. The van der Waals surface area contributed by atoms with E-state index in [1.165, 1.54) is 34.2 Å². The summed E-state index contributed by atoms with van der Waals surface area (Å²) in [4.78, 5) is 19.4. The standard InChI is InChI=1S/C29H30F6N4O2/c1-7-37-25-22(14-36)24(21-9-8-20(41-6)10-16(21)2)23(15-38-25)39(5)26(40)27(3,4)17-11-18(28(30,31)32)13-19(12-17)29(33,34)35/h8-15,36H,7H2,1-6H3,(H,37,38). The average molecular weight is 581 g/mol. The van der Waals surface area contributed by atoms with Crippen molar-refractivity contribution in [3.8, 4) is 16.9 Å². The number of pyridine rings is 1. The lowest BCUT2D eigenvalue weighted by molar-refractivity contribution is -0.143. The fraction of sp³-hybridized carbons (Fsp3) is 0.345. The van der Waals surface area contributed by atoms with Gasteiger partial charge in [0.1, 0.15) is 11.6 Å². The molecule has 0 radical (unpaired) electrons. The molecule has 41 heavy (non-hydrogen) atoms. The molecule has 0 bridgehead atoms. The van der Waals surface area contributed by atoms with E-state index in [1.54, 1.807) is 25.1 Å². The van der Waals surface area contributed by atoms with Gasteiger partial charge in [0.15, 0.2) is 0 Å². The summed E-state index contributed by atoms with van der Waals surface area (Å²) in [6.45, 7) is 6.64. The van der Waals surface area contributed by atoms with E-state index in [0.717, 1.165) is 16.7 Å². The minimum atomic E-state index is -5.06. The van der Waals surface area contributed by atoms with Gasteiger partial charge in [0.05, 0.1) is 35.5 Å². The summed E-state index contributed by atoms with van der Waals surface area (Å²) < 4.78 is 86.6. The number of likely N-dealkylation sites (N-methyl/N-ethyl adjacent to an activating group) is 1. The molecule has 0 saturated heterocycles. The monoisotopic (exact) mass is 580 g/mol. The number of alkyl halides is 6. The number of carbonyl (C=O) groups excluding carboxylic acids is 1. The van der Waals surface area contributed by atoms with Crippen molar-refractivity contribution in [3.05, 3.63) is 70.4 Å². The van der Waals surface area contributed by atoms with Crippen molar-refractivity contribution in [2.45, 2.75) is 45.5 Å². The Bertz CT molecular complexity index is 1430. The first-order chi connectivity index (χ1) is 19.0. The highest BCUT2D eigenvalue weighted by molar-refractivity contribution is 6.07. The molecule has 0 spiro atoms. The molecule has 0 aliphatic carbocycles. The number of benzene rings is 2. The number of nitrogens with zero attached hydrogens (tertiary/aromatic N) is 2. The van der Waals surface area contributed by atoms with Crippen LogP contribution in [-0.2, 0) is 22.6 Å². The van der Waals surface area contributed by atoms with Crippen LogP contribution in [0.15, 0.2) is 42.6 Å². The summed E-state index contributed by atoms with van der Waals surface area (Å²) >= 11 is 0. The van der Waals surface area contributed by atoms with Gasteiger partial charge in [-0.15, -0.1) is 0 Å². The molecule has 1 heterocycles. The Morgan fingerprint density at radius 1 is 1.02 bits per heavy atom. The van der Waals surface area contributed by atoms with Crippen LogP contribution >= 0.6 is 0 Å². The number of hydrogen-bond acceptors (Lipinski definition) is 5. The Kier molecular flexibility index (Phi) is 8.76. The maximum absolute atomic E-state index is 13.9. The van der Waals surface area contributed by atoms with Gasteiger partial charge in [0, 0.05) is 30.9 Å². The summed E-state index contributed by atoms with van der Waals surface area (Å²) in [7, 11) is 2.87. The van der Waals surface area contributed by atoms with Gasteiger partial charge in [-0.3, -0.25) is 4.79 Å². The first kappa shape index (κ1) is 31.4. The lowest BCUT2D eigenvalue weighted by Gasteiger charge is -2.32. The summed E-state index contributed by atoms with van der Waals surface area (Å²) in [5, 5.41) is 11.2. The molecule has 1 amide bonds. The lowest BCUT2D eigenvalue weighted by atomic mass is 9.81. The maximum atomic E-state index is 13.9. The Hall–Kier alpha value is -4.09. The van der Waals surface area contributed by atoms with E-state index >= 15 is 0 Å². The Morgan fingerprint density at radius 2 is 1.59 bits per heavy atom. The maximum Gasteiger partial charge on any atom is 0.416 e. The number of hydrogen-bond donors (Lipinski definition) is 2. The highest BCUT2D eigenvalue weighted by Crippen LogP contribution is 2.42. The molecule has 0 fully saturated rings. The van der Waals surface area contributed by atoms with Crippen LogP contribution in [0.3, 0.4) is 0 Å². The molecule has 2 N–H and O–H groups in total. The van der Waals surface area contributed by atoms with Crippen molar-refractivity contribution in [2.75, 3.05) is 30.9 Å². The second-order valence-corrected chi connectivity index (χ2v) is 9.92. The highest BCUT2D eigenvalue weighted by Gasteiger charge is 2.41. The van der Waals surface area contributed by atoms with Gasteiger partial charge in [-0.05, 0) is 74.7 Å². The van der Waals surface area contributed by atoms with Gasteiger partial charge >= 0.3 is 12.4 Å². The SMILES string of the molecule is CCNc1ncc(N(C)C(=O)C(C)(C)c2cc(C(F)(F)F)cc(C(F)(F)F)c2)c(-c2ccc(OC)cc2C)c1C=N. The first-order valence-corrected chi connectivity index (χ1v) is 12.5. The topological polar surface area (TPSA) is 78.3 Å². The van der Waals surface area contributed by atoms with Crippen LogP contribution in [0.1, 0.15) is 48.6 Å². The van der Waals surface area contributed by atoms with E-state index < -0.39 is 40.4 Å². The molecule has 3 rings (SSSR count). The number of ether oxygens (including phenoxy) is 1. The van der Waals surface area contributed by atoms with Gasteiger partial charge < -0.3 is 20.4 Å². The fourth-order valence-corrected chi connectivity index (χ4v) is 4.51. The van der Waals surface area contributed by atoms with Crippen molar-refractivity contribution in [2.24, 2.45) is 0 Å². The van der Waals surface area contributed by atoms with Crippen LogP contribution in [0, 0.1) is 12.3 Å². The molecule has 2 aromatic carbocycles. The molecule has 6 nitrogen and oxygen atoms in total. The third-order valence-electron chi connectivity index (χ3n) is 6.80. The zero-order chi connectivity index (χ0) is 30.9. The number of carbonyl (C=O) groups is 1. The summed E-state index contributed by atoms with van der Waals surface area (Å²) in [6, 6.07) is 6.34. The van der Waals surface area contributed by atoms with Crippen LogP contribution in [0.4, 0.5) is 37.8 Å². The van der Waals surface area contributed by atoms with Crippen LogP contribution < -0.4 is 15.0 Å². The van der Waals surface area contributed by atoms with E-state index in [9.17, 15) is 31.1 Å². The van der Waals surface area contributed by atoms with Crippen molar-refractivity contribution in [3.63, 3.8) is 0 Å². The number of aryl methyl sites for hydroxylation is 1. The van der Waals surface area contributed by atoms with Crippen molar-refractivity contribution in [1.82, 2.24) is 4.98 Å². The van der Waals surface area contributed by atoms with Crippen molar-refractivity contribution in [1.29, 1.82) is 5.41 Å². The first-order valence-electron chi connectivity index (χ1n) is 12.5. The number of rotatable bonds is 8. The summed E-state index contributed by atoms with van der Waals surface area (Å²) in [5.74, 6) is 0.149. The molecule has 12 heteroatoms. The second-order valence-electron chi connectivity index (χ2n) is 9.92. The predicted octanol–water partition coefficient (Wildman–Crippen LogP) is 7.47. The molecule has 0 unspecified atom stereocenters. The lowest BCUT2D eigenvalue weighted by Crippen LogP contribution is -2.42. The van der Waals surface area contributed by atoms with Crippen LogP contribution in [0.2, 0.25) is 0 Å². The third kappa shape index (κ3) is 6.31. The van der Waals surface area contributed by atoms with Crippen molar-refractivity contribution < 1.29 is 35.9 Å². The van der Waals surface area contributed by atoms with Crippen molar-refractivity contribution >= 4 is 23.6 Å². The number of methoxy groups -OCH3 is 1. The van der Waals surface area contributed by atoms with E-state index in [-0.39, 0.29) is 11.8 Å². The summed E-state index contributed by atoms with van der Waals surface area (Å²) in [5.41, 5.74) is -2.97. The molecule has 0 aliphatic rings. The fourth-order valence-electron chi connectivity index (χ4n) is 4.51. The molecule has 0 aliphatic heterocycles. The zero-order valence-corrected chi connectivity index (χ0v) is 23.3. The number of amides is 1. The number of aromatic nitrogens is 1. The molecule has 220 valence electrons. The summed E-state index contributed by atoms with van der Waals surface area (Å²) in [6.07, 6.45) is -7.68. The molecule has 0 atom stereocenters. The van der Waals surface area contributed by atoms with E-state index in [1.807, 2.05) is 6.92 Å². The van der Waals surface area contributed by atoms with Gasteiger partial charge in [0.2, 0.25) is 5.91 Å². The van der Waals surface area contributed by atoms with Crippen LogP contribution in [-0.4, -0.2) is 37.8 Å². The van der Waals surface area contributed by atoms with Crippen LogP contribution in [0.25, 0.3) is 11.1 Å². The Labute approximate surface area is 233 Å². The van der Waals surface area contributed by atoms with E-state index in [2.05, 4.69) is 10.3 Å². The molecular weight excluding hydrogens is 550 g/mol. The Morgan fingerprint density at radius 3 is 2.05 bits per heavy atom. The predicted molar refractivity (Wildman–Crippen MR) is 146 cm³/mol. The number of nitrogens with one attached hydrogen (secondary N) is 2.